The third-order valence-corrected chi connectivity index (χ3v) is 6.42. The summed E-state index contributed by atoms with van der Waals surface area (Å²) in [6.45, 7) is 10.1. The number of para-hydroxylation sites is 1. The first-order valence-corrected chi connectivity index (χ1v) is 10.9. The summed E-state index contributed by atoms with van der Waals surface area (Å²) < 4.78 is 0. The number of thiocarbonyl (C=S) groups is 1. The minimum absolute atomic E-state index is 0.840. The van der Waals surface area contributed by atoms with E-state index in [2.05, 4.69) is 59.8 Å². The first-order valence-electron chi connectivity index (χ1n) is 9.61. The lowest BCUT2D eigenvalue weighted by Gasteiger charge is -2.27. The molecule has 140 valence electrons. The van der Waals surface area contributed by atoms with Gasteiger partial charge < -0.3 is 15.1 Å². The summed E-state index contributed by atoms with van der Waals surface area (Å²) in [5.41, 5.74) is 3.63. The van der Waals surface area contributed by atoms with Crippen molar-refractivity contribution in [2.24, 2.45) is 0 Å². The fraction of sp³-hybridized carbons (Fsp3) is 0.476. The number of hydrogen-bond acceptors (Lipinski definition) is 2. The van der Waals surface area contributed by atoms with Crippen LogP contribution in [-0.4, -0.2) is 36.2 Å². The van der Waals surface area contributed by atoms with Crippen LogP contribution < -0.4 is 10.2 Å². The number of nitrogens with one attached hydrogen (secondary N) is 2. The van der Waals surface area contributed by atoms with E-state index < -0.39 is 0 Å². The van der Waals surface area contributed by atoms with Gasteiger partial charge in [0, 0.05) is 36.4 Å². The zero-order valence-electron chi connectivity index (χ0n) is 15.9. The Bertz CT molecular complexity index is 686. The molecule has 2 N–H and O–H groups in total. The fourth-order valence-electron chi connectivity index (χ4n) is 3.69. The van der Waals surface area contributed by atoms with E-state index in [0.29, 0.717) is 0 Å². The Kier molecular flexibility index (Phi) is 7.06. The Labute approximate surface area is 167 Å². The molecule has 1 aliphatic heterocycles. The SMILES string of the molecule is Cc1cccc(C)c1NC(=S)N(CCC[NH+]1CCCC1)Cc1cccs1. The van der Waals surface area contributed by atoms with Crippen molar-refractivity contribution in [1.29, 1.82) is 0 Å². The number of aryl methyl sites for hydroxylation is 2. The van der Waals surface area contributed by atoms with E-state index in [1.54, 1.807) is 16.2 Å². The van der Waals surface area contributed by atoms with Gasteiger partial charge in [0.2, 0.25) is 0 Å². The van der Waals surface area contributed by atoms with Gasteiger partial charge in [0.15, 0.2) is 5.11 Å². The van der Waals surface area contributed by atoms with Gasteiger partial charge in [-0.2, -0.15) is 0 Å². The molecule has 1 aliphatic rings. The van der Waals surface area contributed by atoms with Gasteiger partial charge >= 0.3 is 0 Å². The molecule has 0 amide bonds. The van der Waals surface area contributed by atoms with Gasteiger partial charge in [-0.05, 0) is 48.6 Å². The average molecular weight is 389 g/mol. The second-order valence-corrected chi connectivity index (χ2v) is 8.68. The minimum Gasteiger partial charge on any atom is -0.344 e. The fourth-order valence-corrected chi connectivity index (χ4v) is 4.66. The monoisotopic (exact) mass is 388 g/mol. The summed E-state index contributed by atoms with van der Waals surface area (Å²) in [5, 5.41) is 6.51. The van der Waals surface area contributed by atoms with Crippen molar-refractivity contribution in [1.82, 2.24) is 4.90 Å². The second kappa shape index (κ2) is 9.49. The first kappa shape index (κ1) is 19.3. The Morgan fingerprint density at radius 1 is 1.15 bits per heavy atom. The van der Waals surface area contributed by atoms with Crippen molar-refractivity contribution in [2.45, 2.75) is 39.7 Å². The van der Waals surface area contributed by atoms with Crippen molar-refractivity contribution in [3.8, 4) is 0 Å². The van der Waals surface area contributed by atoms with Crippen molar-refractivity contribution in [3.63, 3.8) is 0 Å². The topological polar surface area (TPSA) is 19.7 Å². The number of likely N-dealkylation sites (tertiary alicyclic amines) is 1. The molecule has 1 aromatic carbocycles. The zero-order chi connectivity index (χ0) is 18.4. The molecule has 0 radical (unpaired) electrons. The molecule has 0 unspecified atom stereocenters. The van der Waals surface area contributed by atoms with Crippen LogP contribution in [-0.2, 0) is 6.54 Å². The van der Waals surface area contributed by atoms with E-state index in [0.717, 1.165) is 23.9 Å². The van der Waals surface area contributed by atoms with Crippen LogP contribution in [0.4, 0.5) is 5.69 Å². The molecule has 3 rings (SSSR count). The van der Waals surface area contributed by atoms with Gasteiger partial charge in [-0.1, -0.05) is 24.3 Å². The van der Waals surface area contributed by atoms with E-state index in [9.17, 15) is 0 Å². The number of anilines is 1. The molecule has 1 aromatic heterocycles. The molecule has 0 spiro atoms. The molecule has 1 fully saturated rings. The lowest BCUT2D eigenvalue weighted by Crippen LogP contribution is -3.10. The summed E-state index contributed by atoms with van der Waals surface area (Å²) in [7, 11) is 0. The summed E-state index contributed by atoms with van der Waals surface area (Å²) >= 11 is 7.62. The van der Waals surface area contributed by atoms with E-state index >= 15 is 0 Å². The number of thiophene rings is 1. The van der Waals surface area contributed by atoms with Crippen LogP contribution in [0.2, 0.25) is 0 Å². The molecule has 2 heterocycles. The minimum atomic E-state index is 0.840. The van der Waals surface area contributed by atoms with Gasteiger partial charge in [0.25, 0.3) is 0 Å². The van der Waals surface area contributed by atoms with Crippen molar-refractivity contribution in [2.75, 3.05) is 31.5 Å². The lowest BCUT2D eigenvalue weighted by atomic mass is 10.1. The Balaban J connectivity index is 1.63. The zero-order valence-corrected chi connectivity index (χ0v) is 17.5. The normalized spacial score (nSPS) is 14.5. The molecule has 26 heavy (non-hydrogen) atoms. The molecule has 3 nitrogen and oxygen atoms in total. The summed E-state index contributed by atoms with van der Waals surface area (Å²) in [4.78, 5) is 5.46. The highest BCUT2D eigenvalue weighted by Crippen LogP contribution is 2.21. The Morgan fingerprint density at radius 3 is 2.54 bits per heavy atom. The van der Waals surface area contributed by atoms with E-state index in [1.165, 1.54) is 54.9 Å². The quantitative estimate of drug-likeness (QED) is 0.707. The summed E-state index contributed by atoms with van der Waals surface area (Å²) in [5.74, 6) is 0. The van der Waals surface area contributed by atoms with Crippen LogP contribution in [0.25, 0.3) is 0 Å². The molecular formula is C21H30N3S2+. The number of benzene rings is 1. The average Bonchev–Trinajstić information content (AvgIpc) is 3.31. The third kappa shape index (κ3) is 5.29. The number of nitrogens with zero attached hydrogens (tertiary/aromatic N) is 1. The van der Waals surface area contributed by atoms with Gasteiger partial charge in [0.05, 0.1) is 26.2 Å². The van der Waals surface area contributed by atoms with Crippen LogP contribution in [0.15, 0.2) is 35.7 Å². The van der Waals surface area contributed by atoms with Crippen LogP contribution in [0.1, 0.15) is 35.3 Å². The summed E-state index contributed by atoms with van der Waals surface area (Å²) in [6, 6.07) is 10.7. The standard InChI is InChI=1S/C21H29N3S2/c1-17-8-5-9-18(2)20(17)22-21(25)24(16-19-10-6-15-26-19)14-7-13-23-11-3-4-12-23/h5-6,8-10,15H,3-4,7,11-14,16H2,1-2H3,(H,22,25)/p+1. The third-order valence-electron chi connectivity index (χ3n) is 5.20. The van der Waals surface area contributed by atoms with E-state index in [-0.39, 0.29) is 0 Å². The van der Waals surface area contributed by atoms with Crippen LogP contribution in [0.5, 0.6) is 0 Å². The van der Waals surface area contributed by atoms with Crippen molar-refractivity contribution in [3.05, 3.63) is 51.7 Å². The Morgan fingerprint density at radius 2 is 1.88 bits per heavy atom. The van der Waals surface area contributed by atoms with Gasteiger partial charge in [-0.15, -0.1) is 11.3 Å². The number of hydrogen-bond donors (Lipinski definition) is 2. The molecule has 0 bridgehead atoms. The number of quaternary nitrogens is 1. The highest BCUT2D eigenvalue weighted by Gasteiger charge is 2.17. The van der Waals surface area contributed by atoms with Crippen LogP contribution >= 0.6 is 23.6 Å². The maximum absolute atomic E-state index is 5.81. The molecule has 5 heteroatoms. The van der Waals surface area contributed by atoms with Crippen molar-refractivity contribution < 1.29 is 4.90 Å². The van der Waals surface area contributed by atoms with Crippen molar-refractivity contribution >= 4 is 34.4 Å². The highest BCUT2D eigenvalue weighted by atomic mass is 32.1. The predicted molar refractivity (Wildman–Crippen MR) is 116 cm³/mol. The van der Waals surface area contributed by atoms with Crippen LogP contribution in [0, 0.1) is 13.8 Å². The maximum atomic E-state index is 5.81. The highest BCUT2D eigenvalue weighted by molar-refractivity contribution is 7.80. The number of rotatable bonds is 7. The molecule has 0 saturated carbocycles. The maximum Gasteiger partial charge on any atom is 0.173 e. The molecule has 0 aliphatic carbocycles. The van der Waals surface area contributed by atoms with Gasteiger partial charge in [0.1, 0.15) is 0 Å². The van der Waals surface area contributed by atoms with E-state index in [4.69, 9.17) is 12.2 Å². The van der Waals surface area contributed by atoms with Gasteiger partial charge in [-0.25, -0.2) is 0 Å². The lowest BCUT2D eigenvalue weighted by molar-refractivity contribution is -0.887. The smallest absolute Gasteiger partial charge is 0.173 e. The summed E-state index contributed by atoms with van der Waals surface area (Å²) in [6.07, 6.45) is 3.97. The van der Waals surface area contributed by atoms with Crippen LogP contribution in [0.3, 0.4) is 0 Å². The second-order valence-electron chi connectivity index (χ2n) is 7.26. The van der Waals surface area contributed by atoms with Gasteiger partial charge in [-0.3, -0.25) is 0 Å². The molecular weight excluding hydrogens is 358 g/mol. The van der Waals surface area contributed by atoms with E-state index in [1.807, 2.05) is 0 Å². The molecule has 0 atom stereocenters. The Hall–Kier alpha value is -1.43. The molecule has 2 aromatic rings. The predicted octanol–water partition coefficient (Wildman–Crippen LogP) is 3.63. The first-order chi connectivity index (χ1) is 12.6. The molecule has 1 saturated heterocycles. The largest absolute Gasteiger partial charge is 0.344 e.